The van der Waals surface area contributed by atoms with E-state index in [-0.39, 0.29) is 11.8 Å². The van der Waals surface area contributed by atoms with Gasteiger partial charge in [-0.1, -0.05) is 0 Å². The van der Waals surface area contributed by atoms with Crippen LogP contribution in [0.1, 0.15) is 36.2 Å². The number of ether oxygens (including phenoxy) is 1. The van der Waals surface area contributed by atoms with Crippen molar-refractivity contribution < 1.29 is 14.3 Å². The Morgan fingerprint density at radius 3 is 2.48 bits per heavy atom. The molecule has 148 valence electrons. The molecule has 0 aromatic carbocycles. The number of nitrogens with zero attached hydrogens (tertiary/aromatic N) is 3. The van der Waals surface area contributed by atoms with Crippen LogP contribution in [0.4, 0.5) is 0 Å². The molecule has 3 saturated heterocycles. The van der Waals surface area contributed by atoms with Gasteiger partial charge in [-0.25, -0.2) is 0 Å². The fraction of sp³-hybridized carbons (Fsp3) is 0.700. The second-order valence-electron chi connectivity index (χ2n) is 7.88. The van der Waals surface area contributed by atoms with Crippen molar-refractivity contribution >= 4 is 11.8 Å². The van der Waals surface area contributed by atoms with Gasteiger partial charge in [-0.15, -0.1) is 0 Å². The van der Waals surface area contributed by atoms with Crippen LogP contribution in [-0.2, 0) is 9.53 Å². The molecule has 7 nitrogen and oxygen atoms in total. The zero-order valence-corrected chi connectivity index (χ0v) is 15.9. The molecule has 0 aliphatic carbocycles. The lowest BCUT2D eigenvalue weighted by atomic mass is 9.92. The highest BCUT2D eigenvalue weighted by molar-refractivity contribution is 5.92. The van der Waals surface area contributed by atoms with Gasteiger partial charge in [0.1, 0.15) is 5.69 Å². The number of nitrogens with one attached hydrogen (secondary N) is 1. The van der Waals surface area contributed by atoms with Crippen LogP contribution in [-0.4, -0.2) is 90.0 Å². The van der Waals surface area contributed by atoms with E-state index in [1.54, 1.807) is 6.20 Å². The minimum Gasteiger partial charge on any atom is -0.378 e. The Morgan fingerprint density at radius 2 is 1.78 bits per heavy atom. The van der Waals surface area contributed by atoms with E-state index in [0.29, 0.717) is 30.9 Å². The van der Waals surface area contributed by atoms with E-state index < -0.39 is 0 Å². The van der Waals surface area contributed by atoms with Crippen molar-refractivity contribution in [3.05, 3.63) is 24.0 Å². The van der Waals surface area contributed by atoms with Gasteiger partial charge in [-0.05, 0) is 44.4 Å². The van der Waals surface area contributed by atoms with Gasteiger partial charge in [-0.2, -0.15) is 0 Å². The summed E-state index contributed by atoms with van der Waals surface area (Å²) in [7, 11) is 0. The van der Waals surface area contributed by atoms with Crippen molar-refractivity contribution in [3.8, 4) is 0 Å². The number of likely N-dealkylation sites (tertiary alicyclic amines) is 2. The van der Waals surface area contributed by atoms with Crippen LogP contribution in [0.15, 0.2) is 18.3 Å². The van der Waals surface area contributed by atoms with E-state index in [1.165, 1.54) is 0 Å². The normalized spacial score (nSPS) is 25.6. The fourth-order valence-corrected chi connectivity index (χ4v) is 4.65. The Balaban J connectivity index is 1.29. The van der Waals surface area contributed by atoms with Gasteiger partial charge in [-0.3, -0.25) is 14.5 Å². The highest BCUT2D eigenvalue weighted by atomic mass is 16.5. The number of hydrogen-bond donors (Lipinski definition) is 1. The molecule has 1 atom stereocenters. The predicted octanol–water partition coefficient (Wildman–Crippen LogP) is 1.19. The molecule has 0 radical (unpaired) electrons. The van der Waals surface area contributed by atoms with Crippen molar-refractivity contribution in [2.45, 2.75) is 31.7 Å². The second kappa shape index (κ2) is 8.44. The molecule has 3 aliphatic rings. The summed E-state index contributed by atoms with van der Waals surface area (Å²) < 4.78 is 5.37. The van der Waals surface area contributed by atoms with Crippen molar-refractivity contribution in [1.29, 1.82) is 0 Å². The topological polar surface area (TPSA) is 68.9 Å². The maximum Gasteiger partial charge on any atom is 0.270 e. The Morgan fingerprint density at radius 1 is 1.00 bits per heavy atom. The molecule has 0 unspecified atom stereocenters. The smallest absolute Gasteiger partial charge is 0.270 e. The van der Waals surface area contributed by atoms with E-state index in [9.17, 15) is 9.59 Å². The van der Waals surface area contributed by atoms with E-state index in [1.807, 2.05) is 21.9 Å². The number of aromatic amines is 1. The lowest BCUT2D eigenvalue weighted by molar-refractivity contribution is -0.141. The van der Waals surface area contributed by atoms with Crippen LogP contribution in [0.25, 0.3) is 0 Å². The van der Waals surface area contributed by atoms with Gasteiger partial charge in [0.25, 0.3) is 5.91 Å². The molecule has 4 heterocycles. The number of piperidine rings is 2. The number of aromatic nitrogens is 1. The number of amides is 2. The SMILES string of the molecule is O=C(c1ccc[nH]1)N1CCC(N2CCC[C@@H](C(=O)N3CCOCC3)C2)CC1. The van der Waals surface area contributed by atoms with Crippen molar-refractivity contribution in [1.82, 2.24) is 19.7 Å². The van der Waals surface area contributed by atoms with Gasteiger partial charge in [0.05, 0.1) is 19.1 Å². The van der Waals surface area contributed by atoms with Gasteiger partial charge >= 0.3 is 0 Å². The molecule has 1 N–H and O–H groups in total. The summed E-state index contributed by atoms with van der Waals surface area (Å²) >= 11 is 0. The van der Waals surface area contributed by atoms with Crippen molar-refractivity contribution in [3.63, 3.8) is 0 Å². The van der Waals surface area contributed by atoms with Crippen LogP contribution in [0.5, 0.6) is 0 Å². The molecule has 1 aromatic heterocycles. The predicted molar refractivity (Wildman–Crippen MR) is 101 cm³/mol. The van der Waals surface area contributed by atoms with Gasteiger partial charge < -0.3 is 19.5 Å². The maximum absolute atomic E-state index is 12.8. The molecule has 3 aliphatic heterocycles. The molecule has 0 saturated carbocycles. The minimum absolute atomic E-state index is 0.0949. The van der Waals surface area contributed by atoms with E-state index in [0.717, 1.165) is 65.0 Å². The number of morpholine rings is 1. The van der Waals surface area contributed by atoms with Crippen molar-refractivity contribution in [2.24, 2.45) is 5.92 Å². The summed E-state index contributed by atoms with van der Waals surface area (Å²) in [5, 5.41) is 0. The van der Waals surface area contributed by atoms with Crippen LogP contribution >= 0.6 is 0 Å². The first-order valence-electron chi connectivity index (χ1n) is 10.3. The van der Waals surface area contributed by atoms with E-state index >= 15 is 0 Å². The summed E-state index contributed by atoms with van der Waals surface area (Å²) in [6.07, 6.45) is 5.86. The number of H-pyrrole nitrogens is 1. The third kappa shape index (κ3) is 4.19. The molecule has 0 spiro atoms. The molecule has 0 bridgehead atoms. The Hall–Kier alpha value is -1.86. The molecular weight excluding hydrogens is 344 g/mol. The average molecular weight is 374 g/mol. The Bertz CT molecular complexity index is 634. The fourth-order valence-electron chi connectivity index (χ4n) is 4.65. The third-order valence-electron chi connectivity index (χ3n) is 6.22. The third-order valence-corrected chi connectivity index (χ3v) is 6.22. The van der Waals surface area contributed by atoms with Crippen LogP contribution in [0.2, 0.25) is 0 Å². The minimum atomic E-state index is 0.0949. The first-order valence-corrected chi connectivity index (χ1v) is 10.3. The second-order valence-corrected chi connectivity index (χ2v) is 7.88. The summed E-state index contributed by atoms with van der Waals surface area (Å²) in [5.41, 5.74) is 0.669. The lowest BCUT2D eigenvalue weighted by Crippen LogP contribution is -2.53. The molecule has 7 heteroatoms. The maximum atomic E-state index is 12.8. The molecular formula is C20H30N4O3. The first-order chi connectivity index (χ1) is 13.2. The molecule has 4 rings (SSSR count). The summed E-state index contributed by atoms with van der Waals surface area (Å²) in [6, 6.07) is 4.18. The molecule has 2 amide bonds. The number of carbonyl (C=O) groups is 2. The molecule has 3 fully saturated rings. The van der Waals surface area contributed by atoms with Gasteiger partial charge in [0.2, 0.25) is 5.91 Å². The monoisotopic (exact) mass is 374 g/mol. The van der Waals surface area contributed by atoms with Crippen LogP contribution in [0, 0.1) is 5.92 Å². The standard InChI is InChI=1S/C20H30N4O3/c25-19(23-11-13-27-14-12-23)16-3-2-8-24(15-16)17-5-9-22(10-6-17)20(26)18-4-1-7-21-18/h1,4,7,16-17,21H,2-3,5-6,8-15H2/t16-/m1/s1. The number of carbonyl (C=O) groups excluding carboxylic acids is 2. The van der Waals surface area contributed by atoms with Gasteiger partial charge in [0, 0.05) is 45.0 Å². The van der Waals surface area contributed by atoms with Crippen LogP contribution < -0.4 is 0 Å². The average Bonchev–Trinajstić information content (AvgIpc) is 3.28. The van der Waals surface area contributed by atoms with Gasteiger partial charge in [0.15, 0.2) is 0 Å². The quantitative estimate of drug-likeness (QED) is 0.863. The summed E-state index contributed by atoms with van der Waals surface area (Å²) in [5.74, 6) is 0.523. The number of rotatable bonds is 3. The summed E-state index contributed by atoms with van der Waals surface area (Å²) in [4.78, 5) is 34.8. The Labute approximate surface area is 160 Å². The Kier molecular flexibility index (Phi) is 5.78. The van der Waals surface area contributed by atoms with Crippen molar-refractivity contribution in [2.75, 3.05) is 52.5 Å². The van der Waals surface area contributed by atoms with E-state index in [2.05, 4.69) is 9.88 Å². The van der Waals surface area contributed by atoms with E-state index in [4.69, 9.17) is 4.74 Å². The zero-order chi connectivity index (χ0) is 18.6. The zero-order valence-electron chi connectivity index (χ0n) is 15.9. The lowest BCUT2D eigenvalue weighted by Gasteiger charge is -2.43. The largest absolute Gasteiger partial charge is 0.378 e. The van der Waals surface area contributed by atoms with Crippen LogP contribution in [0.3, 0.4) is 0 Å². The molecule has 27 heavy (non-hydrogen) atoms. The number of hydrogen-bond acceptors (Lipinski definition) is 4. The highest BCUT2D eigenvalue weighted by Crippen LogP contribution is 2.26. The first kappa shape index (κ1) is 18.5. The molecule has 1 aromatic rings. The highest BCUT2D eigenvalue weighted by Gasteiger charge is 2.34. The summed E-state index contributed by atoms with van der Waals surface area (Å²) in [6.45, 7) is 6.31.